The highest BCUT2D eigenvalue weighted by atomic mass is 16.3. The second-order valence-electron chi connectivity index (χ2n) is 12.1. The summed E-state index contributed by atoms with van der Waals surface area (Å²) >= 11 is 0. The number of nitrogens with zero attached hydrogens (tertiary/aromatic N) is 4. The molecule has 0 unspecified atom stereocenters. The number of phenolic OH excluding ortho intramolecular Hbond substituents is 2. The van der Waals surface area contributed by atoms with E-state index in [4.69, 9.17) is 20.0 Å². The minimum Gasteiger partial charge on any atom is -0.507 e. The molecule has 1 aliphatic heterocycles. The van der Waals surface area contributed by atoms with E-state index in [0.717, 1.165) is 51.4 Å². The molecule has 38 heavy (non-hydrogen) atoms. The van der Waals surface area contributed by atoms with E-state index in [2.05, 4.69) is 27.7 Å². The molecule has 6 nitrogen and oxygen atoms in total. The highest BCUT2D eigenvalue weighted by Crippen LogP contribution is 2.44. The third-order valence-corrected chi connectivity index (χ3v) is 9.63. The van der Waals surface area contributed by atoms with Crippen molar-refractivity contribution in [3.8, 4) is 11.5 Å². The quantitative estimate of drug-likeness (QED) is 0.413. The van der Waals surface area contributed by atoms with Gasteiger partial charge in [-0.1, -0.05) is 37.8 Å². The molecule has 0 spiro atoms. The Morgan fingerprint density at radius 1 is 0.474 bits per heavy atom. The van der Waals surface area contributed by atoms with Crippen LogP contribution in [0.2, 0.25) is 0 Å². The zero-order valence-corrected chi connectivity index (χ0v) is 23.1. The summed E-state index contributed by atoms with van der Waals surface area (Å²) in [5.41, 5.74) is 0.902. The molecule has 0 amide bonds. The fraction of sp³-hybridized carbons (Fsp3) is 0.500. The molecule has 2 aromatic rings. The Balaban J connectivity index is 1.69. The van der Waals surface area contributed by atoms with E-state index in [0.29, 0.717) is 22.3 Å². The summed E-state index contributed by atoms with van der Waals surface area (Å²) in [7, 11) is 0. The Kier molecular flexibility index (Phi) is 6.79. The predicted octanol–water partition coefficient (Wildman–Crippen LogP) is 6.67. The summed E-state index contributed by atoms with van der Waals surface area (Å²) in [6.45, 7) is 8.59. The van der Waals surface area contributed by atoms with Gasteiger partial charge >= 0.3 is 0 Å². The topological polar surface area (TPSA) is 89.9 Å². The molecule has 2 aromatic carbocycles. The molecular formula is C32H40N4O2. The normalized spacial score (nSPS) is 33.2. The molecule has 5 rings (SSSR count). The van der Waals surface area contributed by atoms with Crippen molar-refractivity contribution < 1.29 is 10.2 Å². The van der Waals surface area contributed by atoms with Gasteiger partial charge in [0.2, 0.25) is 0 Å². The number of benzene rings is 2. The van der Waals surface area contributed by atoms with Crippen LogP contribution < -0.4 is 0 Å². The molecule has 200 valence electrons. The second kappa shape index (κ2) is 9.79. The molecule has 2 fully saturated rings. The Morgan fingerprint density at radius 2 is 0.711 bits per heavy atom. The van der Waals surface area contributed by atoms with Crippen LogP contribution in [0.5, 0.6) is 11.5 Å². The molecule has 4 bridgehead atoms. The smallest absolute Gasteiger partial charge is 0.133 e. The number of aromatic hydroxyl groups is 2. The fourth-order valence-corrected chi connectivity index (χ4v) is 6.19. The van der Waals surface area contributed by atoms with Crippen LogP contribution in [0, 0.1) is 0 Å². The van der Waals surface area contributed by atoms with Gasteiger partial charge in [0, 0.05) is 47.1 Å². The van der Waals surface area contributed by atoms with Gasteiger partial charge in [0.1, 0.15) is 11.5 Å². The number of aliphatic imine (C=N–C) groups is 4. The first kappa shape index (κ1) is 26.3. The van der Waals surface area contributed by atoms with Crippen LogP contribution in [0.4, 0.5) is 0 Å². The minimum atomic E-state index is -0.449. The SMILES string of the molecule is C[C@@]12CCCC[C@@]1(C)N=Cc1cccc(c1O)C=N[C@]1(C)CCCC[C@@]1(C)N=Cc1cccc(c1O)C=N2. The van der Waals surface area contributed by atoms with Crippen molar-refractivity contribution in [2.75, 3.05) is 0 Å². The number of hydrogen-bond acceptors (Lipinski definition) is 6. The van der Waals surface area contributed by atoms with Gasteiger partial charge < -0.3 is 10.2 Å². The van der Waals surface area contributed by atoms with Crippen LogP contribution in [0.1, 0.15) is 101 Å². The number of hydrogen-bond donors (Lipinski definition) is 2. The lowest BCUT2D eigenvalue weighted by molar-refractivity contribution is 0.188. The van der Waals surface area contributed by atoms with Crippen LogP contribution in [0.15, 0.2) is 56.4 Å². The molecule has 4 atom stereocenters. The summed E-state index contributed by atoms with van der Waals surface area (Å²) in [4.78, 5) is 20.3. The number of rotatable bonds is 0. The van der Waals surface area contributed by atoms with Crippen molar-refractivity contribution in [3.05, 3.63) is 58.7 Å². The molecule has 0 radical (unpaired) electrons. The van der Waals surface area contributed by atoms with Gasteiger partial charge in [-0.2, -0.15) is 0 Å². The maximum absolute atomic E-state index is 11.2. The zero-order valence-electron chi connectivity index (χ0n) is 23.1. The number of phenols is 2. The Bertz CT molecular complexity index is 1140. The number of fused-ring (bicyclic) bond motifs is 6. The minimum absolute atomic E-state index is 0.190. The molecule has 2 saturated carbocycles. The molecular weight excluding hydrogens is 472 g/mol. The summed E-state index contributed by atoms with van der Waals surface area (Å²) in [5, 5.41) is 22.4. The number of para-hydroxylation sites is 2. The second-order valence-corrected chi connectivity index (χ2v) is 12.1. The van der Waals surface area contributed by atoms with E-state index in [9.17, 15) is 10.2 Å². The fourth-order valence-electron chi connectivity index (χ4n) is 6.19. The lowest BCUT2D eigenvalue weighted by atomic mass is 9.69. The maximum Gasteiger partial charge on any atom is 0.133 e. The Labute approximate surface area is 226 Å². The first-order valence-electron chi connectivity index (χ1n) is 13.9. The molecule has 2 aliphatic carbocycles. The first-order chi connectivity index (χ1) is 18.1. The van der Waals surface area contributed by atoms with Crippen LogP contribution in [0.3, 0.4) is 0 Å². The van der Waals surface area contributed by atoms with Crippen LogP contribution in [-0.2, 0) is 0 Å². The van der Waals surface area contributed by atoms with Crippen molar-refractivity contribution in [2.24, 2.45) is 20.0 Å². The maximum atomic E-state index is 11.2. The third kappa shape index (κ3) is 4.59. The van der Waals surface area contributed by atoms with Crippen LogP contribution in [-0.4, -0.2) is 57.2 Å². The van der Waals surface area contributed by atoms with Crippen molar-refractivity contribution in [3.63, 3.8) is 0 Å². The van der Waals surface area contributed by atoms with Gasteiger partial charge in [-0.05, 0) is 77.6 Å². The van der Waals surface area contributed by atoms with Gasteiger partial charge in [-0.15, -0.1) is 0 Å². The van der Waals surface area contributed by atoms with E-state index >= 15 is 0 Å². The average molecular weight is 513 g/mol. The van der Waals surface area contributed by atoms with Gasteiger partial charge in [0.25, 0.3) is 0 Å². The Hall–Kier alpha value is -3.28. The molecule has 6 heteroatoms. The molecule has 0 aromatic heterocycles. The lowest BCUT2D eigenvalue weighted by Crippen LogP contribution is -2.49. The monoisotopic (exact) mass is 512 g/mol. The predicted molar refractivity (Wildman–Crippen MR) is 157 cm³/mol. The van der Waals surface area contributed by atoms with E-state index in [1.807, 2.05) is 36.4 Å². The molecule has 3 aliphatic rings. The lowest BCUT2D eigenvalue weighted by Gasteiger charge is -2.45. The van der Waals surface area contributed by atoms with E-state index in [-0.39, 0.29) is 11.5 Å². The standard InChI is InChI=1S/C32H40N4O2/c1-29-15-5-6-16-30(29,2)34-20-24-12-10-14-26(28(24)38)22-36-32(4)18-8-7-17-31(32,3)35-21-25-13-9-11-23(19-33-29)27(25)37/h9-14,19-22,37-38H,5-8,15-18H2,1-4H3/t29-,30-,31-,32-/m1/s1. The molecule has 2 N–H and O–H groups in total. The average Bonchev–Trinajstić information content (AvgIpc) is 2.90. The van der Waals surface area contributed by atoms with Gasteiger partial charge in [-0.3, -0.25) is 20.0 Å². The van der Waals surface area contributed by atoms with Crippen molar-refractivity contribution in [1.29, 1.82) is 0 Å². The van der Waals surface area contributed by atoms with E-state index in [1.165, 1.54) is 0 Å². The molecule has 0 saturated heterocycles. The van der Waals surface area contributed by atoms with Crippen molar-refractivity contribution in [1.82, 2.24) is 0 Å². The highest BCUT2D eigenvalue weighted by Gasteiger charge is 2.47. The zero-order chi connectivity index (χ0) is 27.0. The van der Waals surface area contributed by atoms with E-state index < -0.39 is 22.2 Å². The Morgan fingerprint density at radius 3 is 0.947 bits per heavy atom. The molecule has 1 heterocycles. The summed E-state index contributed by atoms with van der Waals surface area (Å²) < 4.78 is 0. The largest absolute Gasteiger partial charge is 0.507 e. The van der Waals surface area contributed by atoms with Crippen LogP contribution >= 0.6 is 0 Å². The third-order valence-electron chi connectivity index (χ3n) is 9.63. The van der Waals surface area contributed by atoms with Gasteiger partial charge in [0.05, 0.1) is 22.2 Å². The van der Waals surface area contributed by atoms with Crippen molar-refractivity contribution >= 4 is 24.9 Å². The summed E-state index contributed by atoms with van der Waals surface area (Å²) in [5.74, 6) is 0.380. The van der Waals surface area contributed by atoms with E-state index in [1.54, 1.807) is 24.9 Å². The van der Waals surface area contributed by atoms with Gasteiger partial charge in [0.15, 0.2) is 0 Å². The van der Waals surface area contributed by atoms with Crippen LogP contribution in [0.25, 0.3) is 0 Å². The van der Waals surface area contributed by atoms with Crippen molar-refractivity contribution in [2.45, 2.75) is 101 Å². The first-order valence-corrected chi connectivity index (χ1v) is 13.9. The highest BCUT2D eigenvalue weighted by molar-refractivity contribution is 5.93. The summed E-state index contributed by atoms with van der Waals surface area (Å²) in [6.07, 6.45) is 15.1. The van der Waals surface area contributed by atoms with Gasteiger partial charge in [-0.25, -0.2) is 0 Å². The summed E-state index contributed by atoms with van der Waals surface area (Å²) in [6, 6.07) is 11.4.